The fourth-order valence-electron chi connectivity index (χ4n) is 10.5. The molecule has 2 heterocycles. The van der Waals surface area contributed by atoms with Gasteiger partial charge in [0.2, 0.25) is 0 Å². The van der Waals surface area contributed by atoms with Crippen LogP contribution in [0.2, 0.25) is 0 Å². The van der Waals surface area contributed by atoms with Gasteiger partial charge in [-0.15, -0.1) is 0 Å². The fourth-order valence-corrected chi connectivity index (χ4v) is 10.5. The van der Waals surface area contributed by atoms with Crippen molar-refractivity contribution in [3.63, 3.8) is 0 Å². The molecule has 12 nitrogen and oxygen atoms in total. The molecule has 54 heavy (non-hydrogen) atoms. The summed E-state index contributed by atoms with van der Waals surface area (Å²) in [6.45, 7) is 47.6. The van der Waals surface area contributed by atoms with Crippen LogP contribution in [0.15, 0.2) is 0 Å². The molecule has 2 fully saturated rings. The summed E-state index contributed by atoms with van der Waals surface area (Å²) in [5, 5.41) is 36.5. The van der Waals surface area contributed by atoms with Gasteiger partial charge < -0.3 is 29.5 Å². The molecule has 0 aliphatic carbocycles. The molecule has 0 aromatic carbocycles. The molecule has 2 rings (SSSR count). The topological polar surface area (TPSA) is 170 Å². The minimum atomic E-state index is -1.18. The van der Waals surface area contributed by atoms with E-state index in [1.54, 1.807) is 41.5 Å². The van der Waals surface area contributed by atoms with Crippen LogP contribution in [0.5, 0.6) is 0 Å². The van der Waals surface area contributed by atoms with Gasteiger partial charge in [0.1, 0.15) is 11.2 Å². The van der Waals surface area contributed by atoms with Crippen molar-refractivity contribution in [3.8, 4) is 0 Å². The largest absolute Gasteiger partial charge is 0.479 e. The summed E-state index contributed by atoms with van der Waals surface area (Å²) in [6.07, 6.45) is 0. The molecule has 2 unspecified atom stereocenters. The summed E-state index contributed by atoms with van der Waals surface area (Å²) >= 11 is 0. The van der Waals surface area contributed by atoms with Crippen molar-refractivity contribution < 1.29 is 59.0 Å². The zero-order valence-corrected chi connectivity index (χ0v) is 38.6. The van der Waals surface area contributed by atoms with Crippen molar-refractivity contribution in [1.29, 1.82) is 0 Å². The van der Waals surface area contributed by atoms with E-state index in [0.717, 1.165) is 0 Å². The number of aliphatic hydroxyl groups is 2. The molecule has 12 heteroatoms. The highest BCUT2D eigenvalue weighted by Crippen LogP contribution is 2.76. The zero-order valence-electron chi connectivity index (χ0n) is 38.6. The number of esters is 1. The lowest BCUT2D eigenvalue weighted by molar-refractivity contribution is -0.480. The first kappa shape index (κ1) is 52.6. The highest BCUT2D eigenvalue weighted by molar-refractivity contribution is 5.71. The van der Waals surface area contributed by atoms with Gasteiger partial charge in [-0.1, -0.05) is 55.4 Å². The van der Waals surface area contributed by atoms with Crippen molar-refractivity contribution in [3.05, 3.63) is 0 Å². The van der Waals surface area contributed by atoms with Crippen LogP contribution < -0.4 is 0 Å². The molecule has 0 saturated carbocycles. The van der Waals surface area contributed by atoms with Gasteiger partial charge in [-0.25, -0.2) is 24.3 Å². The van der Waals surface area contributed by atoms with Crippen LogP contribution in [0.1, 0.15) is 166 Å². The predicted molar refractivity (Wildman–Crippen MR) is 211 cm³/mol. The molecule has 4 N–H and O–H groups in total. The number of hydrogen-bond donors (Lipinski definition) is 4. The highest BCUT2D eigenvalue weighted by Gasteiger charge is 2.82. The second kappa shape index (κ2) is 16.1. The van der Waals surface area contributed by atoms with Crippen molar-refractivity contribution >= 4 is 11.9 Å². The molecular weight excluding hydrogens is 696 g/mol. The SMILES string of the molecule is CC(C)C(C)(C(C)(C)O)C(C)(C)OOCC(=O)OC(C)(C)C(C)(C(C)C)C(C)(C)O.CC1(C)OC(C)(C)C1(C)C1(C)C(C)(C)OC1(C)C.O=C(O)COO. The van der Waals surface area contributed by atoms with Crippen LogP contribution in [0.3, 0.4) is 0 Å². The Morgan fingerprint density at radius 1 is 0.574 bits per heavy atom. The zero-order chi connectivity index (χ0) is 44.0. The van der Waals surface area contributed by atoms with E-state index in [1.165, 1.54) is 0 Å². The van der Waals surface area contributed by atoms with Gasteiger partial charge in [0, 0.05) is 21.7 Å². The standard InChI is InChI=1S/C24H48O6.C16H30O2.C2H4O4/c1-16(2)23(13,19(5,6)26)21(9,10)29-18(25)15-28-30-22(11,12)24(14,17(3)4)20(7,8)27;1-11(2)15(9,12(3,4)17-11)16(10)13(5,6)18-14(16,7)8;3-2(4)1-6-5/h16-17,26-27H,15H2,1-14H3;1-10H3;5H,1H2,(H,3,4). The number of carbonyl (C=O) groups excluding carboxylic acids is 1. The Labute approximate surface area is 328 Å². The van der Waals surface area contributed by atoms with Gasteiger partial charge in [-0.2, -0.15) is 0 Å². The number of hydrogen-bond acceptors (Lipinski definition) is 11. The molecule has 0 amide bonds. The Hall–Kier alpha value is -1.38. The first-order valence-electron chi connectivity index (χ1n) is 19.3. The maximum Gasteiger partial charge on any atom is 0.336 e. The number of carbonyl (C=O) groups is 2. The molecule has 0 aromatic heterocycles. The van der Waals surface area contributed by atoms with E-state index >= 15 is 0 Å². The second-order valence-electron chi connectivity index (χ2n) is 20.8. The van der Waals surface area contributed by atoms with E-state index < -0.39 is 58.4 Å². The van der Waals surface area contributed by atoms with Crippen LogP contribution in [-0.2, 0) is 38.5 Å². The maximum atomic E-state index is 12.6. The van der Waals surface area contributed by atoms with Gasteiger partial charge >= 0.3 is 11.9 Å². The molecule has 0 bridgehead atoms. The Morgan fingerprint density at radius 2 is 0.870 bits per heavy atom. The summed E-state index contributed by atoms with van der Waals surface area (Å²) in [4.78, 5) is 36.0. The molecular formula is C42H82O12. The summed E-state index contributed by atoms with van der Waals surface area (Å²) in [5.74, 6) is -1.63. The number of carboxylic acids is 1. The van der Waals surface area contributed by atoms with Gasteiger partial charge in [-0.05, 0) is 123 Å². The van der Waals surface area contributed by atoms with E-state index in [0.29, 0.717) is 0 Å². The average Bonchev–Trinajstić information content (AvgIpc) is 2.92. The third-order valence-corrected chi connectivity index (χ3v) is 15.2. The van der Waals surface area contributed by atoms with Crippen LogP contribution in [0.25, 0.3) is 0 Å². The molecule has 0 spiro atoms. The first-order valence-corrected chi connectivity index (χ1v) is 19.3. The summed E-state index contributed by atoms with van der Waals surface area (Å²) in [7, 11) is 0. The molecule has 2 atom stereocenters. The Morgan fingerprint density at radius 3 is 1.07 bits per heavy atom. The first-order chi connectivity index (χ1) is 23.4. The maximum absolute atomic E-state index is 12.6. The van der Waals surface area contributed by atoms with Gasteiger partial charge in [0.15, 0.2) is 13.2 Å². The Kier molecular flexibility index (Phi) is 15.7. The number of ether oxygens (including phenoxy) is 3. The Balaban J connectivity index is 0.000000975. The third-order valence-electron chi connectivity index (χ3n) is 15.2. The minimum absolute atomic E-state index is 0.0509. The monoisotopic (exact) mass is 779 g/mol. The van der Waals surface area contributed by atoms with E-state index in [-0.39, 0.29) is 45.1 Å². The molecule has 0 radical (unpaired) electrons. The predicted octanol–water partition coefficient (Wildman–Crippen LogP) is 8.64. The van der Waals surface area contributed by atoms with Crippen LogP contribution in [0.4, 0.5) is 0 Å². The molecule has 2 aliphatic heterocycles. The normalized spacial score (nSPS) is 23.2. The lowest BCUT2D eigenvalue weighted by atomic mass is 9.37. The van der Waals surface area contributed by atoms with E-state index in [1.807, 2.05) is 55.4 Å². The summed E-state index contributed by atoms with van der Waals surface area (Å²) < 4.78 is 18.1. The minimum Gasteiger partial charge on any atom is -0.479 e. The van der Waals surface area contributed by atoms with Gasteiger partial charge in [0.25, 0.3) is 0 Å². The van der Waals surface area contributed by atoms with Crippen molar-refractivity contribution in [2.24, 2.45) is 33.5 Å². The smallest absolute Gasteiger partial charge is 0.336 e. The van der Waals surface area contributed by atoms with Crippen molar-refractivity contribution in [2.75, 3.05) is 13.2 Å². The lowest BCUT2D eigenvalue weighted by Crippen LogP contribution is -2.87. The van der Waals surface area contributed by atoms with Crippen LogP contribution >= 0.6 is 0 Å². The Bertz CT molecular complexity index is 1210. The third kappa shape index (κ3) is 8.86. The molecule has 2 aliphatic rings. The van der Waals surface area contributed by atoms with Gasteiger partial charge in [0.05, 0.1) is 33.6 Å². The number of rotatable bonds is 14. The number of aliphatic carboxylic acids is 1. The summed E-state index contributed by atoms with van der Waals surface area (Å²) in [5.41, 5.74) is -5.65. The fraction of sp³-hybridized carbons (Fsp3) is 0.952. The van der Waals surface area contributed by atoms with E-state index in [9.17, 15) is 19.8 Å². The number of carboxylic acid groups (broad SMARTS) is 1. The average molecular weight is 779 g/mol. The van der Waals surface area contributed by atoms with Crippen molar-refractivity contribution in [1.82, 2.24) is 0 Å². The molecule has 0 aromatic rings. The van der Waals surface area contributed by atoms with Crippen molar-refractivity contribution in [2.45, 2.75) is 211 Å². The van der Waals surface area contributed by atoms with Crippen LogP contribution in [0, 0.1) is 33.5 Å². The van der Waals surface area contributed by atoms with Gasteiger partial charge in [-0.3, -0.25) is 5.26 Å². The summed E-state index contributed by atoms with van der Waals surface area (Å²) in [6, 6.07) is 0. The highest BCUT2D eigenvalue weighted by atomic mass is 17.2. The molecule has 2 saturated heterocycles. The van der Waals surface area contributed by atoms with Crippen LogP contribution in [-0.4, -0.2) is 90.5 Å². The second-order valence-corrected chi connectivity index (χ2v) is 20.8. The lowest BCUT2D eigenvalue weighted by Gasteiger charge is -2.81. The van der Waals surface area contributed by atoms with E-state index in [2.05, 4.69) is 74.1 Å². The quantitative estimate of drug-likeness (QED) is 0.0753. The van der Waals surface area contributed by atoms with E-state index in [4.69, 9.17) is 34.3 Å². The molecule has 322 valence electrons.